The molecule has 1 aliphatic rings. The van der Waals surface area contributed by atoms with E-state index in [2.05, 4.69) is 62.1 Å². The summed E-state index contributed by atoms with van der Waals surface area (Å²) in [6.07, 6.45) is 4.21. The van der Waals surface area contributed by atoms with Crippen molar-refractivity contribution in [2.24, 2.45) is 11.7 Å². The summed E-state index contributed by atoms with van der Waals surface area (Å²) in [5, 5.41) is 9.22. The first-order chi connectivity index (χ1) is 14.0. The van der Waals surface area contributed by atoms with Crippen LogP contribution in [0.4, 0.5) is 0 Å². The van der Waals surface area contributed by atoms with Gasteiger partial charge in [-0.3, -0.25) is 14.2 Å². The Kier molecular flexibility index (Phi) is 8.00. The van der Waals surface area contributed by atoms with Crippen LogP contribution in [-0.2, 0) is 24.5 Å². The molecule has 3 aromatic rings. The molecule has 1 aliphatic heterocycles. The van der Waals surface area contributed by atoms with Crippen molar-refractivity contribution in [1.82, 2.24) is 19.6 Å². The molecule has 29 heavy (non-hydrogen) atoms. The molecule has 0 spiro atoms. The summed E-state index contributed by atoms with van der Waals surface area (Å²) in [7, 11) is 0. The first kappa shape index (κ1) is 22.2. The van der Waals surface area contributed by atoms with E-state index in [0.717, 1.165) is 35.8 Å². The fourth-order valence-electron chi connectivity index (χ4n) is 3.06. The van der Waals surface area contributed by atoms with E-state index in [4.69, 9.17) is 14.6 Å². The number of carbonyl (C=O) groups is 1. The van der Waals surface area contributed by atoms with Gasteiger partial charge in [0, 0.05) is 23.9 Å². The minimum atomic E-state index is 0.250. The number of hydrogen-bond donors (Lipinski definition) is 1. The smallest absolute Gasteiger partial charge is 0.204 e. The molecule has 1 amide bonds. The van der Waals surface area contributed by atoms with Crippen molar-refractivity contribution in [2.75, 3.05) is 0 Å². The van der Waals surface area contributed by atoms with E-state index < -0.39 is 0 Å². The minimum Gasteiger partial charge on any atom is -0.487 e. The van der Waals surface area contributed by atoms with Crippen LogP contribution in [0.5, 0.6) is 5.75 Å². The number of amides is 1. The van der Waals surface area contributed by atoms with E-state index in [0.29, 0.717) is 12.5 Å². The molecule has 2 N–H and O–H groups in total. The summed E-state index contributed by atoms with van der Waals surface area (Å²) >= 11 is 0. The number of primary amides is 1. The van der Waals surface area contributed by atoms with Gasteiger partial charge in [0.05, 0.1) is 24.1 Å². The van der Waals surface area contributed by atoms with Gasteiger partial charge in [-0.25, -0.2) is 0 Å². The number of fused-ring (bicyclic) bond motifs is 2. The summed E-state index contributed by atoms with van der Waals surface area (Å²) in [5.41, 5.74) is 9.66. The largest absolute Gasteiger partial charge is 0.487 e. The fourth-order valence-corrected chi connectivity index (χ4v) is 3.06. The van der Waals surface area contributed by atoms with E-state index in [1.54, 1.807) is 0 Å². The van der Waals surface area contributed by atoms with Crippen LogP contribution < -0.4 is 10.5 Å². The molecule has 3 heterocycles. The van der Waals surface area contributed by atoms with Crippen molar-refractivity contribution < 1.29 is 9.53 Å². The predicted octanol–water partition coefficient (Wildman–Crippen LogP) is 3.78. The van der Waals surface area contributed by atoms with Crippen molar-refractivity contribution in [1.29, 1.82) is 0 Å². The van der Waals surface area contributed by atoms with Crippen LogP contribution in [-0.4, -0.2) is 26.0 Å². The quantitative estimate of drug-likeness (QED) is 0.681. The van der Waals surface area contributed by atoms with Crippen LogP contribution in [0.2, 0.25) is 0 Å². The first-order valence-electron chi connectivity index (χ1n) is 9.97. The maximum atomic E-state index is 8.58. The summed E-state index contributed by atoms with van der Waals surface area (Å²) in [6.45, 7) is 12.7. The number of aryl methyl sites for hydroxylation is 1. The lowest BCUT2D eigenvalue weighted by Gasteiger charge is -2.07. The molecular formula is C22H31N5O2. The van der Waals surface area contributed by atoms with Crippen LogP contribution in [0.1, 0.15) is 44.5 Å². The molecule has 0 aliphatic carbocycles. The lowest BCUT2D eigenvalue weighted by Crippen LogP contribution is -2.04. The van der Waals surface area contributed by atoms with E-state index in [9.17, 15) is 0 Å². The Balaban J connectivity index is 0.000000551. The molecule has 0 radical (unpaired) electrons. The topological polar surface area (TPSA) is 88.0 Å². The second-order valence-corrected chi connectivity index (χ2v) is 7.06. The number of rotatable bonds is 3. The second kappa shape index (κ2) is 10.5. The van der Waals surface area contributed by atoms with Gasteiger partial charge in [-0.05, 0) is 30.5 Å². The zero-order valence-electron chi connectivity index (χ0n) is 17.9. The van der Waals surface area contributed by atoms with Crippen molar-refractivity contribution in [3.63, 3.8) is 0 Å². The predicted molar refractivity (Wildman–Crippen MR) is 114 cm³/mol. The van der Waals surface area contributed by atoms with Crippen LogP contribution in [0.15, 0.2) is 36.7 Å². The highest BCUT2D eigenvalue weighted by Gasteiger charge is 2.17. The third kappa shape index (κ3) is 5.70. The second-order valence-electron chi connectivity index (χ2n) is 7.06. The molecule has 7 nitrogen and oxygen atoms in total. The molecule has 0 atom stereocenters. The molecule has 1 aromatic carbocycles. The van der Waals surface area contributed by atoms with Gasteiger partial charge in [0.2, 0.25) is 6.41 Å². The van der Waals surface area contributed by atoms with Crippen molar-refractivity contribution in [2.45, 2.75) is 54.3 Å². The van der Waals surface area contributed by atoms with E-state index in [1.165, 1.54) is 11.1 Å². The molecule has 7 heteroatoms. The summed E-state index contributed by atoms with van der Waals surface area (Å²) in [5.74, 6) is 1.54. The number of ether oxygens (including phenoxy) is 1. The summed E-state index contributed by atoms with van der Waals surface area (Å²) in [4.78, 5) is 8.58. The van der Waals surface area contributed by atoms with Gasteiger partial charge in [-0.2, -0.15) is 10.2 Å². The third-order valence-electron chi connectivity index (χ3n) is 4.26. The number of hydrogen-bond acceptors (Lipinski definition) is 4. The van der Waals surface area contributed by atoms with Crippen LogP contribution in [0.25, 0.3) is 11.3 Å². The number of nitrogens with two attached hydrogens (primary N) is 1. The van der Waals surface area contributed by atoms with Gasteiger partial charge in [0.25, 0.3) is 0 Å². The zero-order chi connectivity index (χ0) is 21.4. The fraction of sp³-hybridized carbons (Fsp3) is 0.409. The van der Waals surface area contributed by atoms with E-state index in [-0.39, 0.29) is 6.41 Å². The van der Waals surface area contributed by atoms with Crippen LogP contribution in [0.3, 0.4) is 0 Å². The lowest BCUT2D eigenvalue weighted by atomic mass is 10.1. The van der Waals surface area contributed by atoms with E-state index in [1.807, 2.05) is 29.4 Å². The molecule has 4 rings (SSSR count). The summed E-state index contributed by atoms with van der Waals surface area (Å²) < 4.78 is 10.0. The minimum absolute atomic E-state index is 0.250. The number of carbonyl (C=O) groups excluding carboxylic acids is 1. The van der Waals surface area contributed by atoms with E-state index >= 15 is 0 Å². The lowest BCUT2D eigenvalue weighted by molar-refractivity contribution is -0.106. The SMILES string of the molecule is CC.Cc1ccc2c(c1)OCc1cc(-c3cnn(CC(C)C)c3)nn1C2.NC=O. The van der Waals surface area contributed by atoms with Gasteiger partial charge in [-0.15, -0.1) is 0 Å². The maximum Gasteiger partial charge on any atom is 0.204 e. The average molecular weight is 398 g/mol. The highest BCUT2D eigenvalue weighted by atomic mass is 16.5. The van der Waals surface area contributed by atoms with Gasteiger partial charge in [0.1, 0.15) is 12.4 Å². The first-order valence-corrected chi connectivity index (χ1v) is 9.97. The van der Waals surface area contributed by atoms with Crippen molar-refractivity contribution in [3.8, 4) is 17.0 Å². The van der Waals surface area contributed by atoms with Crippen LogP contribution >= 0.6 is 0 Å². The highest BCUT2D eigenvalue weighted by Crippen LogP contribution is 2.28. The number of benzene rings is 1. The maximum absolute atomic E-state index is 8.58. The van der Waals surface area contributed by atoms with Gasteiger partial charge < -0.3 is 10.5 Å². The Morgan fingerprint density at radius 3 is 2.69 bits per heavy atom. The molecule has 0 bridgehead atoms. The normalized spacial score (nSPS) is 11.7. The molecule has 156 valence electrons. The van der Waals surface area contributed by atoms with Crippen LogP contribution in [0, 0.1) is 12.8 Å². The van der Waals surface area contributed by atoms with Gasteiger partial charge in [0.15, 0.2) is 0 Å². The molecule has 0 fully saturated rings. The monoisotopic (exact) mass is 397 g/mol. The Labute approximate surface area is 172 Å². The standard InChI is InChI=1S/C19H22N4O.C2H6.CH3NO/c1-13(2)9-22-10-16(8-20-22)18-7-17-12-24-19-6-14(3)4-5-15(19)11-23(17)21-18;1-2;2-1-3/h4-8,10,13H,9,11-12H2,1-3H3;1-2H3;1H,(H2,2,3). The Bertz CT molecular complexity index is 927. The van der Waals surface area contributed by atoms with Gasteiger partial charge in [-0.1, -0.05) is 39.8 Å². The van der Waals surface area contributed by atoms with Crippen molar-refractivity contribution >= 4 is 6.41 Å². The number of aromatic nitrogens is 4. The number of nitrogens with zero attached hydrogens (tertiary/aromatic N) is 4. The Hall–Kier alpha value is -3.09. The highest BCUT2D eigenvalue weighted by molar-refractivity contribution is 5.57. The average Bonchev–Trinajstić information content (AvgIpc) is 3.27. The third-order valence-corrected chi connectivity index (χ3v) is 4.26. The molecule has 0 saturated heterocycles. The Morgan fingerprint density at radius 2 is 2.00 bits per heavy atom. The molecule has 2 aromatic heterocycles. The van der Waals surface area contributed by atoms with Crippen molar-refractivity contribution in [3.05, 3.63) is 53.5 Å². The molecule has 0 saturated carbocycles. The Morgan fingerprint density at radius 1 is 1.28 bits per heavy atom. The zero-order valence-corrected chi connectivity index (χ0v) is 17.9. The summed E-state index contributed by atoms with van der Waals surface area (Å²) in [6, 6.07) is 8.45. The molecular weight excluding hydrogens is 366 g/mol. The molecule has 0 unspecified atom stereocenters. The van der Waals surface area contributed by atoms with Gasteiger partial charge >= 0.3 is 0 Å².